The molecule has 0 bridgehead atoms. The Balaban J connectivity index is 0.00000132. The van der Waals surface area contributed by atoms with Crippen molar-refractivity contribution in [2.24, 2.45) is 0 Å². The normalized spacial score (nSPS) is 22.9. The molecule has 1 unspecified atom stereocenters. The standard InChI is InChI=1S/C16H24ClN3O.2ClH/c17-15-3-1-2-14(12-15)16-13-18-4-5-20(16)7-6-19-8-10-21-11-9-19;;/h1-3,12,16,18H,4-11,13H2;2*1H. The molecule has 2 heterocycles. The summed E-state index contributed by atoms with van der Waals surface area (Å²) < 4.78 is 5.42. The van der Waals surface area contributed by atoms with Gasteiger partial charge in [-0.05, 0) is 17.7 Å². The first-order chi connectivity index (χ1) is 10.3. The van der Waals surface area contributed by atoms with E-state index in [2.05, 4.69) is 27.2 Å². The molecule has 23 heavy (non-hydrogen) atoms. The first kappa shape index (κ1) is 21.0. The fourth-order valence-corrected chi connectivity index (χ4v) is 3.35. The summed E-state index contributed by atoms with van der Waals surface area (Å²) in [6.45, 7) is 9.28. The zero-order chi connectivity index (χ0) is 14.5. The van der Waals surface area contributed by atoms with Crippen molar-refractivity contribution in [3.8, 4) is 0 Å². The lowest BCUT2D eigenvalue weighted by Crippen LogP contribution is -2.49. The maximum absolute atomic E-state index is 6.15. The van der Waals surface area contributed by atoms with Crippen LogP contribution < -0.4 is 5.32 Å². The van der Waals surface area contributed by atoms with Gasteiger partial charge in [0.15, 0.2) is 0 Å². The van der Waals surface area contributed by atoms with E-state index in [1.165, 1.54) is 5.56 Å². The van der Waals surface area contributed by atoms with Crippen molar-refractivity contribution in [2.45, 2.75) is 6.04 Å². The first-order valence-corrected chi connectivity index (χ1v) is 8.21. The van der Waals surface area contributed by atoms with Crippen LogP contribution in [0.15, 0.2) is 24.3 Å². The van der Waals surface area contributed by atoms with Crippen molar-refractivity contribution in [3.05, 3.63) is 34.9 Å². The molecule has 1 aromatic rings. The number of hydrogen-bond donors (Lipinski definition) is 1. The van der Waals surface area contributed by atoms with Gasteiger partial charge in [-0.25, -0.2) is 0 Å². The monoisotopic (exact) mass is 381 g/mol. The topological polar surface area (TPSA) is 27.7 Å². The predicted octanol–water partition coefficient (Wildman–Crippen LogP) is 2.46. The number of rotatable bonds is 4. The van der Waals surface area contributed by atoms with E-state index in [1.807, 2.05) is 12.1 Å². The lowest BCUT2D eigenvalue weighted by atomic mass is 10.0. The van der Waals surface area contributed by atoms with Crippen LogP contribution in [-0.4, -0.2) is 68.8 Å². The second-order valence-corrected chi connectivity index (χ2v) is 6.20. The minimum atomic E-state index is 0. The highest BCUT2D eigenvalue weighted by molar-refractivity contribution is 6.30. The fraction of sp³-hybridized carbons (Fsp3) is 0.625. The van der Waals surface area contributed by atoms with Crippen molar-refractivity contribution < 1.29 is 4.74 Å². The van der Waals surface area contributed by atoms with E-state index in [1.54, 1.807) is 0 Å². The number of benzene rings is 1. The van der Waals surface area contributed by atoms with E-state index < -0.39 is 0 Å². The van der Waals surface area contributed by atoms with E-state index >= 15 is 0 Å². The number of halogens is 3. The van der Waals surface area contributed by atoms with Crippen LogP contribution in [-0.2, 0) is 4.74 Å². The summed E-state index contributed by atoms with van der Waals surface area (Å²) in [5.41, 5.74) is 1.32. The lowest BCUT2D eigenvalue weighted by Gasteiger charge is -2.38. The molecule has 4 nitrogen and oxygen atoms in total. The van der Waals surface area contributed by atoms with Crippen molar-refractivity contribution in [3.63, 3.8) is 0 Å². The van der Waals surface area contributed by atoms with E-state index in [-0.39, 0.29) is 24.8 Å². The Morgan fingerprint density at radius 1 is 1.13 bits per heavy atom. The van der Waals surface area contributed by atoms with Gasteiger partial charge in [-0.15, -0.1) is 24.8 Å². The highest BCUT2D eigenvalue weighted by Gasteiger charge is 2.24. The first-order valence-electron chi connectivity index (χ1n) is 7.83. The van der Waals surface area contributed by atoms with Gasteiger partial charge in [0.25, 0.3) is 0 Å². The number of morpholine rings is 1. The molecule has 1 aromatic carbocycles. The third-order valence-corrected chi connectivity index (χ3v) is 4.63. The second-order valence-electron chi connectivity index (χ2n) is 5.76. The Bertz CT molecular complexity index is 458. The van der Waals surface area contributed by atoms with Crippen molar-refractivity contribution >= 4 is 36.4 Å². The average Bonchev–Trinajstić information content (AvgIpc) is 2.54. The molecule has 0 amide bonds. The molecule has 2 saturated heterocycles. The van der Waals surface area contributed by atoms with Crippen LogP contribution in [0.25, 0.3) is 0 Å². The van der Waals surface area contributed by atoms with E-state index in [0.29, 0.717) is 6.04 Å². The van der Waals surface area contributed by atoms with Crippen LogP contribution in [0.3, 0.4) is 0 Å². The average molecular weight is 383 g/mol. The van der Waals surface area contributed by atoms with Crippen molar-refractivity contribution in [2.75, 3.05) is 59.0 Å². The van der Waals surface area contributed by atoms with Crippen LogP contribution in [0, 0.1) is 0 Å². The van der Waals surface area contributed by atoms with Crippen molar-refractivity contribution in [1.29, 1.82) is 0 Å². The molecule has 0 aliphatic carbocycles. The van der Waals surface area contributed by atoms with Gasteiger partial charge < -0.3 is 10.1 Å². The van der Waals surface area contributed by atoms with Crippen LogP contribution in [0.2, 0.25) is 5.02 Å². The van der Waals surface area contributed by atoms with Crippen LogP contribution >= 0.6 is 36.4 Å². The molecule has 1 atom stereocenters. The molecule has 7 heteroatoms. The quantitative estimate of drug-likeness (QED) is 0.866. The number of ether oxygens (including phenoxy) is 1. The Kier molecular flexibility index (Phi) is 9.78. The Hall–Kier alpha value is -0.0700. The molecular formula is C16H26Cl3N3O. The number of piperazine rings is 1. The Labute approximate surface area is 156 Å². The number of hydrogen-bond acceptors (Lipinski definition) is 4. The van der Waals surface area contributed by atoms with Gasteiger partial charge in [0.05, 0.1) is 13.2 Å². The molecule has 2 fully saturated rings. The Morgan fingerprint density at radius 2 is 1.91 bits per heavy atom. The summed E-state index contributed by atoms with van der Waals surface area (Å²) in [5, 5.41) is 4.33. The SMILES string of the molecule is Cl.Cl.Clc1cccc(C2CNCCN2CCN2CCOCC2)c1. The molecule has 3 rings (SSSR count). The smallest absolute Gasteiger partial charge is 0.0594 e. The van der Waals surface area contributed by atoms with Crippen LogP contribution in [0.5, 0.6) is 0 Å². The molecule has 132 valence electrons. The number of nitrogens with zero attached hydrogens (tertiary/aromatic N) is 2. The second kappa shape index (κ2) is 10.7. The molecule has 2 aliphatic rings. The fourth-order valence-electron chi connectivity index (χ4n) is 3.15. The third-order valence-electron chi connectivity index (χ3n) is 4.39. The minimum Gasteiger partial charge on any atom is -0.379 e. The third kappa shape index (κ3) is 6.05. The molecular weight excluding hydrogens is 357 g/mol. The van der Waals surface area contributed by atoms with Gasteiger partial charge in [0.2, 0.25) is 0 Å². The van der Waals surface area contributed by atoms with Crippen molar-refractivity contribution in [1.82, 2.24) is 15.1 Å². The Morgan fingerprint density at radius 3 is 2.65 bits per heavy atom. The van der Waals surface area contributed by atoms with Crippen LogP contribution in [0.1, 0.15) is 11.6 Å². The highest BCUT2D eigenvalue weighted by Crippen LogP contribution is 2.24. The summed E-state index contributed by atoms with van der Waals surface area (Å²) in [7, 11) is 0. The van der Waals surface area contributed by atoms with Gasteiger partial charge in [-0.2, -0.15) is 0 Å². The lowest BCUT2D eigenvalue weighted by molar-refractivity contribution is 0.0291. The summed E-state index contributed by atoms with van der Waals surface area (Å²) >= 11 is 6.15. The van der Waals surface area contributed by atoms with E-state index in [0.717, 1.165) is 64.0 Å². The van der Waals surface area contributed by atoms with Gasteiger partial charge in [-0.3, -0.25) is 9.80 Å². The maximum atomic E-state index is 6.15. The summed E-state index contributed by atoms with van der Waals surface area (Å²) in [4.78, 5) is 5.08. The van der Waals surface area contributed by atoms with E-state index in [4.69, 9.17) is 16.3 Å². The minimum absolute atomic E-state index is 0. The predicted molar refractivity (Wildman–Crippen MR) is 100 cm³/mol. The zero-order valence-electron chi connectivity index (χ0n) is 13.2. The van der Waals surface area contributed by atoms with Crippen LogP contribution in [0.4, 0.5) is 0 Å². The molecule has 0 saturated carbocycles. The summed E-state index contributed by atoms with van der Waals surface area (Å²) in [5.74, 6) is 0. The molecule has 0 radical (unpaired) electrons. The largest absolute Gasteiger partial charge is 0.379 e. The zero-order valence-corrected chi connectivity index (χ0v) is 15.6. The molecule has 0 aromatic heterocycles. The number of nitrogens with one attached hydrogen (secondary N) is 1. The molecule has 0 spiro atoms. The van der Waals surface area contributed by atoms with Gasteiger partial charge >= 0.3 is 0 Å². The highest BCUT2D eigenvalue weighted by atomic mass is 35.5. The van der Waals surface area contributed by atoms with Gasteiger partial charge in [-0.1, -0.05) is 23.7 Å². The van der Waals surface area contributed by atoms with Gasteiger partial charge in [0, 0.05) is 56.9 Å². The molecule has 1 N–H and O–H groups in total. The molecule has 2 aliphatic heterocycles. The summed E-state index contributed by atoms with van der Waals surface area (Å²) in [6, 6.07) is 8.70. The summed E-state index contributed by atoms with van der Waals surface area (Å²) in [6.07, 6.45) is 0. The maximum Gasteiger partial charge on any atom is 0.0594 e. The van der Waals surface area contributed by atoms with Gasteiger partial charge in [0.1, 0.15) is 0 Å². The van der Waals surface area contributed by atoms with E-state index in [9.17, 15) is 0 Å².